The van der Waals surface area contributed by atoms with E-state index in [0.29, 0.717) is 45.4 Å². The number of halogens is 3. The van der Waals surface area contributed by atoms with Crippen LogP contribution in [0.15, 0.2) is 42.6 Å². The normalized spacial score (nSPS) is 20.4. The minimum absolute atomic E-state index is 0.0156. The second-order valence-corrected chi connectivity index (χ2v) is 8.82. The van der Waals surface area contributed by atoms with E-state index < -0.39 is 11.7 Å². The number of carbonyl (C=O) groups excluding carboxylic acids is 2. The molecule has 3 amide bonds. The van der Waals surface area contributed by atoms with E-state index >= 15 is 0 Å². The zero-order chi connectivity index (χ0) is 25.7. The summed E-state index contributed by atoms with van der Waals surface area (Å²) in [5.41, 5.74) is -0.0624. The fourth-order valence-corrected chi connectivity index (χ4v) is 4.42. The first-order valence-corrected chi connectivity index (χ1v) is 12.0. The Kier molecular flexibility index (Phi) is 7.85. The van der Waals surface area contributed by atoms with Crippen molar-refractivity contribution in [3.05, 3.63) is 48.2 Å². The molecule has 0 bridgehead atoms. The van der Waals surface area contributed by atoms with Crippen LogP contribution in [0.5, 0.6) is 11.6 Å². The summed E-state index contributed by atoms with van der Waals surface area (Å²) in [5.74, 6) is 0.672. The number of urea groups is 1. The van der Waals surface area contributed by atoms with Gasteiger partial charge in [0.2, 0.25) is 11.8 Å². The van der Waals surface area contributed by atoms with E-state index in [1.807, 2.05) is 31.2 Å². The Hall–Kier alpha value is -3.50. The Bertz CT molecular complexity index is 1040. The number of ether oxygens (including phenoxy) is 2. The van der Waals surface area contributed by atoms with Crippen LogP contribution in [0.25, 0.3) is 0 Å². The molecule has 1 aromatic carbocycles. The second kappa shape index (κ2) is 11.0. The lowest BCUT2D eigenvalue weighted by molar-refractivity contribution is -0.137. The highest BCUT2D eigenvalue weighted by molar-refractivity contribution is 5.96. The maximum atomic E-state index is 12.8. The summed E-state index contributed by atoms with van der Waals surface area (Å²) in [4.78, 5) is 32.3. The maximum absolute atomic E-state index is 12.8. The lowest BCUT2D eigenvalue weighted by Gasteiger charge is -2.29. The number of carbonyl (C=O) groups is 2. The average Bonchev–Trinajstić information content (AvgIpc) is 3.20. The molecule has 1 saturated heterocycles. The van der Waals surface area contributed by atoms with Gasteiger partial charge in [-0.15, -0.1) is 0 Å². The molecule has 194 valence electrons. The van der Waals surface area contributed by atoms with E-state index in [1.165, 1.54) is 11.0 Å². The van der Waals surface area contributed by atoms with Gasteiger partial charge in [0, 0.05) is 37.1 Å². The van der Waals surface area contributed by atoms with Gasteiger partial charge in [-0.2, -0.15) is 13.2 Å². The van der Waals surface area contributed by atoms with Crippen molar-refractivity contribution in [2.45, 2.75) is 50.9 Å². The van der Waals surface area contributed by atoms with Crippen LogP contribution in [0, 0.1) is 0 Å². The topological polar surface area (TPSA) is 84.0 Å². The van der Waals surface area contributed by atoms with Crippen molar-refractivity contribution in [1.29, 1.82) is 0 Å². The molecule has 36 heavy (non-hydrogen) atoms. The van der Waals surface area contributed by atoms with E-state index in [2.05, 4.69) is 10.3 Å². The number of amides is 3. The molecule has 1 aliphatic heterocycles. The highest BCUT2D eigenvalue weighted by atomic mass is 19.4. The molecule has 4 rings (SSSR count). The zero-order valence-corrected chi connectivity index (χ0v) is 20.0. The van der Waals surface area contributed by atoms with E-state index in [-0.39, 0.29) is 36.5 Å². The minimum atomic E-state index is -4.44. The van der Waals surface area contributed by atoms with Crippen LogP contribution in [0.1, 0.15) is 38.2 Å². The summed E-state index contributed by atoms with van der Waals surface area (Å²) in [7, 11) is 0. The van der Waals surface area contributed by atoms with Crippen molar-refractivity contribution in [3.8, 4) is 11.6 Å². The highest BCUT2D eigenvalue weighted by Gasteiger charge is 2.33. The van der Waals surface area contributed by atoms with Gasteiger partial charge in [0.05, 0.1) is 12.2 Å². The SMILES string of the molecule is CCOc1ccc(N2CCN(CC(=O)NC3CCC(Oc4ccc(C(F)(F)F)cn4)CC3)C2=O)cc1. The van der Waals surface area contributed by atoms with E-state index in [0.717, 1.165) is 23.7 Å². The van der Waals surface area contributed by atoms with Crippen molar-refractivity contribution in [1.82, 2.24) is 15.2 Å². The van der Waals surface area contributed by atoms with E-state index in [4.69, 9.17) is 9.47 Å². The summed E-state index contributed by atoms with van der Waals surface area (Å²) < 4.78 is 49.1. The van der Waals surface area contributed by atoms with E-state index in [9.17, 15) is 22.8 Å². The van der Waals surface area contributed by atoms with Crippen LogP contribution >= 0.6 is 0 Å². The quantitative estimate of drug-likeness (QED) is 0.579. The van der Waals surface area contributed by atoms with E-state index in [1.54, 1.807) is 4.90 Å². The number of nitrogens with zero attached hydrogens (tertiary/aromatic N) is 3. The Morgan fingerprint density at radius 2 is 1.81 bits per heavy atom. The molecular formula is C25H29F3N4O4. The molecule has 1 N–H and O–H groups in total. The highest BCUT2D eigenvalue weighted by Crippen LogP contribution is 2.30. The van der Waals surface area contributed by atoms with Gasteiger partial charge >= 0.3 is 12.2 Å². The van der Waals surface area contributed by atoms with Gasteiger partial charge in [-0.3, -0.25) is 9.69 Å². The summed E-state index contributed by atoms with van der Waals surface area (Å²) in [6.45, 7) is 3.41. The molecule has 11 heteroatoms. The van der Waals surface area contributed by atoms with Gasteiger partial charge in [0.15, 0.2) is 0 Å². The summed E-state index contributed by atoms with van der Waals surface area (Å²) in [6.07, 6.45) is -1.23. The van der Waals surface area contributed by atoms with Crippen LogP contribution in [0.3, 0.4) is 0 Å². The van der Waals surface area contributed by atoms with Gasteiger partial charge in [0.1, 0.15) is 18.4 Å². The number of hydrogen-bond acceptors (Lipinski definition) is 5. The first-order valence-electron chi connectivity index (χ1n) is 12.0. The van der Waals surface area contributed by atoms with Crippen LogP contribution in [0.2, 0.25) is 0 Å². The van der Waals surface area contributed by atoms with Crippen molar-refractivity contribution in [2.75, 3.05) is 31.1 Å². The second-order valence-electron chi connectivity index (χ2n) is 8.82. The van der Waals surface area contributed by atoms with Crippen molar-refractivity contribution in [2.24, 2.45) is 0 Å². The fraction of sp³-hybridized carbons (Fsp3) is 0.480. The Labute approximate surface area is 207 Å². The average molecular weight is 507 g/mol. The van der Waals surface area contributed by atoms with Crippen LogP contribution in [-0.2, 0) is 11.0 Å². The number of aromatic nitrogens is 1. The predicted octanol–water partition coefficient (Wildman–Crippen LogP) is 4.25. The number of pyridine rings is 1. The molecule has 0 spiro atoms. The number of hydrogen-bond donors (Lipinski definition) is 1. The third-order valence-electron chi connectivity index (χ3n) is 6.28. The predicted molar refractivity (Wildman–Crippen MR) is 126 cm³/mol. The lowest BCUT2D eigenvalue weighted by atomic mass is 9.93. The zero-order valence-electron chi connectivity index (χ0n) is 20.0. The minimum Gasteiger partial charge on any atom is -0.494 e. The summed E-state index contributed by atoms with van der Waals surface area (Å²) in [6, 6.07) is 9.20. The first kappa shape index (κ1) is 25.6. The molecule has 2 heterocycles. The number of benzene rings is 1. The Balaban J connectivity index is 1.20. The number of rotatable bonds is 8. The van der Waals surface area contributed by atoms with Crippen LogP contribution in [0.4, 0.5) is 23.7 Å². The van der Waals surface area contributed by atoms with Crippen molar-refractivity contribution >= 4 is 17.6 Å². The van der Waals surface area contributed by atoms with Crippen molar-refractivity contribution < 1.29 is 32.2 Å². The Morgan fingerprint density at radius 1 is 1.08 bits per heavy atom. The molecule has 0 unspecified atom stereocenters. The summed E-state index contributed by atoms with van der Waals surface area (Å²) in [5, 5.41) is 2.99. The lowest BCUT2D eigenvalue weighted by Crippen LogP contribution is -2.45. The van der Waals surface area contributed by atoms with Crippen molar-refractivity contribution in [3.63, 3.8) is 0 Å². The van der Waals surface area contributed by atoms with Crippen LogP contribution < -0.4 is 19.7 Å². The molecule has 0 radical (unpaired) electrons. The number of alkyl halides is 3. The maximum Gasteiger partial charge on any atom is 0.417 e. The third kappa shape index (κ3) is 6.38. The molecule has 2 fully saturated rings. The first-order chi connectivity index (χ1) is 17.2. The molecule has 8 nitrogen and oxygen atoms in total. The number of nitrogens with one attached hydrogen (secondary N) is 1. The van der Waals surface area contributed by atoms with Gasteiger partial charge in [-0.1, -0.05) is 0 Å². The van der Waals surface area contributed by atoms with Gasteiger partial charge in [0.25, 0.3) is 0 Å². The third-order valence-corrected chi connectivity index (χ3v) is 6.28. The molecule has 1 saturated carbocycles. The molecule has 1 aromatic heterocycles. The largest absolute Gasteiger partial charge is 0.494 e. The molecule has 1 aliphatic carbocycles. The Morgan fingerprint density at radius 3 is 2.42 bits per heavy atom. The van der Waals surface area contributed by atoms with Gasteiger partial charge in [-0.05, 0) is 62.9 Å². The molecule has 0 atom stereocenters. The van der Waals surface area contributed by atoms with Gasteiger partial charge < -0.3 is 19.7 Å². The molecule has 2 aliphatic rings. The fourth-order valence-electron chi connectivity index (χ4n) is 4.42. The van der Waals surface area contributed by atoms with Crippen LogP contribution in [-0.4, -0.2) is 60.2 Å². The standard InChI is InChI=1S/C25H29F3N4O4/c1-2-35-20-10-6-19(7-11-20)32-14-13-31(24(32)34)16-22(33)30-18-4-8-21(9-5-18)36-23-12-3-17(15-29-23)25(26,27)28/h3,6-7,10-12,15,18,21H,2,4-5,8-9,13-14,16H2,1H3,(H,30,33). The number of anilines is 1. The molecule has 2 aromatic rings. The summed E-state index contributed by atoms with van der Waals surface area (Å²) >= 11 is 0. The smallest absolute Gasteiger partial charge is 0.417 e. The van der Waals surface area contributed by atoms with Gasteiger partial charge in [-0.25, -0.2) is 9.78 Å². The molecular weight excluding hydrogens is 477 g/mol. The monoisotopic (exact) mass is 506 g/mol.